The molecule has 0 aliphatic heterocycles. The zero-order valence-corrected chi connectivity index (χ0v) is 8.11. The Bertz CT molecular complexity index is 442. The molecule has 2 N–H and O–H groups in total. The van der Waals surface area contributed by atoms with E-state index in [1.165, 1.54) is 0 Å². The molecule has 0 unspecified atom stereocenters. The quantitative estimate of drug-likeness (QED) is 0.744. The van der Waals surface area contributed by atoms with E-state index in [9.17, 15) is 0 Å². The fourth-order valence-corrected chi connectivity index (χ4v) is 1.30. The molecule has 0 aromatic carbocycles. The molecule has 4 heteroatoms. The molecule has 0 fully saturated rings. The number of furan rings is 1. The van der Waals surface area contributed by atoms with E-state index in [0.717, 1.165) is 11.3 Å². The van der Waals surface area contributed by atoms with Gasteiger partial charge >= 0.3 is 0 Å². The first-order valence-electron chi connectivity index (χ1n) is 4.32. The van der Waals surface area contributed by atoms with E-state index in [4.69, 9.17) is 10.2 Å². The maximum Gasteiger partial charge on any atom is 0.198 e. The molecule has 0 saturated carbocycles. The topological polar surface area (TPSA) is 64.9 Å². The molecule has 0 spiro atoms. The Morgan fingerprint density at radius 1 is 1.29 bits per heavy atom. The molecule has 2 rings (SSSR count). The lowest BCUT2D eigenvalue weighted by atomic mass is 10.2. The number of anilines is 1. The molecule has 0 radical (unpaired) electrons. The lowest BCUT2D eigenvalue weighted by molar-refractivity contribution is 0.575. The Kier molecular flexibility index (Phi) is 1.96. The van der Waals surface area contributed by atoms with Crippen LogP contribution in [0.3, 0.4) is 0 Å². The molecule has 0 atom stereocenters. The van der Waals surface area contributed by atoms with Crippen molar-refractivity contribution in [2.45, 2.75) is 13.8 Å². The molecule has 0 amide bonds. The van der Waals surface area contributed by atoms with Gasteiger partial charge in [0, 0.05) is 11.8 Å². The third-order valence-electron chi connectivity index (χ3n) is 1.94. The van der Waals surface area contributed by atoms with E-state index in [-0.39, 0.29) is 0 Å². The number of hydrogen-bond donors (Lipinski definition) is 1. The van der Waals surface area contributed by atoms with Crippen LogP contribution in [0, 0.1) is 13.8 Å². The third-order valence-corrected chi connectivity index (χ3v) is 1.94. The van der Waals surface area contributed by atoms with Crippen LogP contribution < -0.4 is 5.73 Å². The van der Waals surface area contributed by atoms with Crippen LogP contribution in [-0.4, -0.2) is 9.97 Å². The van der Waals surface area contributed by atoms with Crippen LogP contribution in [0.1, 0.15) is 11.3 Å². The highest BCUT2D eigenvalue weighted by Crippen LogP contribution is 2.21. The van der Waals surface area contributed by atoms with E-state index in [2.05, 4.69) is 9.97 Å². The number of nitrogen functional groups attached to an aromatic ring is 1. The lowest BCUT2D eigenvalue weighted by Crippen LogP contribution is -1.97. The van der Waals surface area contributed by atoms with E-state index < -0.39 is 0 Å². The SMILES string of the molecule is Cc1cc(N)nc(-c2occc2C)n1. The number of nitrogens with zero attached hydrogens (tertiary/aromatic N) is 2. The zero-order valence-electron chi connectivity index (χ0n) is 8.11. The summed E-state index contributed by atoms with van der Waals surface area (Å²) in [6.45, 7) is 3.82. The first-order valence-corrected chi connectivity index (χ1v) is 4.32. The molecule has 0 saturated heterocycles. The van der Waals surface area contributed by atoms with Gasteiger partial charge in [-0.3, -0.25) is 0 Å². The second-order valence-electron chi connectivity index (χ2n) is 3.19. The number of aromatic nitrogens is 2. The predicted octanol–water partition coefficient (Wildman–Crippen LogP) is 1.94. The molecular weight excluding hydrogens is 178 g/mol. The second kappa shape index (κ2) is 3.14. The van der Waals surface area contributed by atoms with E-state index >= 15 is 0 Å². The van der Waals surface area contributed by atoms with Crippen molar-refractivity contribution < 1.29 is 4.42 Å². The fraction of sp³-hybridized carbons (Fsp3) is 0.200. The maximum absolute atomic E-state index is 5.62. The first kappa shape index (κ1) is 8.74. The summed E-state index contributed by atoms with van der Waals surface area (Å²) in [4.78, 5) is 8.36. The maximum atomic E-state index is 5.62. The van der Waals surface area contributed by atoms with Gasteiger partial charge in [0.05, 0.1) is 6.26 Å². The summed E-state index contributed by atoms with van der Waals surface area (Å²) in [5, 5.41) is 0. The monoisotopic (exact) mass is 189 g/mol. The van der Waals surface area contributed by atoms with Crippen molar-refractivity contribution in [2.75, 3.05) is 5.73 Å². The summed E-state index contributed by atoms with van der Waals surface area (Å²) in [7, 11) is 0. The van der Waals surface area contributed by atoms with E-state index in [1.54, 1.807) is 12.3 Å². The van der Waals surface area contributed by atoms with Gasteiger partial charge in [-0.2, -0.15) is 0 Å². The van der Waals surface area contributed by atoms with E-state index in [0.29, 0.717) is 17.4 Å². The lowest BCUT2D eigenvalue weighted by Gasteiger charge is -2.00. The fourth-order valence-electron chi connectivity index (χ4n) is 1.30. The smallest absolute Gasteiger partial charge is 0.198 e. The molecule has 0 bridgehead atoms. The van der Waals surface area contributed by atoms with Gasteiger partial charge in [0.25, 0.3) is 0 Å². The largest absolute Gasteiger partial charge is 0.461 e. The molecule has 0 aliphatic carbocycles. The summed E-state index contributed by atoms with van der Waals surface area (Å²) >= 11 is 0. The molecular formula is C10H11N3O. The average molecular weight is 189 g/mol. The summed E-state index contributed by atoms with van der Waals surface area (Å²) < 4.78 is 5.28. The Hall–Kier alpha value is -1.84. The normalized spacial score (nSPS) is 10.4. The number of nitrogens with two attached hydrogens (primary N) is 1. The Morgan fingerprint density at radius 2 is 2.07 bits per heavy atom. The van der Waals surface area contributed by atoms with Gasteiger partial charge in [-0.1, -0.05) is 0 Å². The highest BCUT2D eigenvalue weighted by Gasteiger charge is 2.09. The molecule has 4 nitrogen and oxygen atoms in total. The first-order chi connectivity index (χ1) is 6.66. The Balaban J connectivity index is 2.57. The van der Waals surface area contributed by atoms with Crippen molar-refractivity contribution in [3.05, 3.63) is 29.7 Å². The van der Waals surface area contributed by atoms with Gasteiger partial charge in [-0.25, -0.2) is 9.97 Å². The molecule has 2 heterocycles. The molecule has 2 aromatic rings. The Labute approximate surface area is 81.8 Å². The Morgan fingerprint density at radius 3 is 2.64 bits per heavy atom. The van der Waals surface area contributed by atoms with Crippen LogP contribution in [-0.2, 0) is 0 Å². The van der Waals surface area contributed by atoms with Gasteiger partial charge in [-0.15, -0.1) is 0 Å². The van der Waals surface area contributed by atoms with Crippen molar-refractivity contribution in [3.8, 4) is 11.6 Å². The van der Waals surface area contributed by atoms with Gasteiger partial charge in [0.15, 0.2) is 11.6 Å². The summed E-state index contributed by atoms with van der Waals surface area (Å²) in [5.41, 5.74) is 7.47. The number of hydrogen-bond acceptors (Lipinski definition) is 4. The van der Waals surface area contributed by atoms with Crippen LogP contribution in [0.25, 0.3) is 11.6 Å². The standard InChI is InChI=1S/C10H11N3O/c1-6-3-4-14-9(6)10-12-7(2)5-8(11)13-10/h3-5H,1-2H3,(H2,11,12,13). The minimum atomic E-state index is 0.461. The third kappa shape index (κ3) is 1.46. The van der Waals surface area contributed by atoms with Crippen LogP contribution in [0.4, 0.5) is 5.82 Å². The van der Waals surface area contributed by atoms with Crippen molar-refractivity contribution in [3.63, 3.8) is 0 Å². The van der Waals surface area contributed by atoms with Gasteiger partial charge in [0.1, 0.15) is 5.82 Å². The highest BCUT2D eigenvalue weighted by atomic mass is 16.3. The van der Waals surface area contributed by atoms with E-state index in [1.807, 2.05) is 19.9 Å². The average Bonchev–Trinajstić information content (AvgIpc) is 2.49. The minimum absolute atomic E-state index is 0.461. The van der Waals surface area contributed by atoms with Gasteiger partial charge < -0.3 is 10.2 Å². The van der Waals surface area contributed by atoms with Crippen molar-refractivity contribution in [1.29, 1.82) is 0 Å². The molecule has 0 aliphatic rings. The van der Waals surface area contributed by atoms with Crippen LogP contribution >= 0.6 is 0 Å². The van der Waals surface area contributed by atoms with Gasteiger partial charge in [-0.05, 0) is 25.5 Å². The summed E-state index contributed by atoms with van der Waals surface area (Å²) in [5.74, 6) is 1.69. The number of rotatable bonds is 1. The molecule has 14 heavy (non-hydrogen) atoms. The van der Waals surface area contributed by atoms with Crippen molar-refractivity contribution >= 4 is 5.82 Å². The van der Waals surface area contributed by atoms with Crippen LogP contribution in [0.15, 0.2) is 22.8 Å². The van der Waals surface area contributed by atoms with Crippen molar-refractivity contribution in [2.24, 2.45) is 0 Å². The van der Waals surface area contributed by atoms with Crippen LogP contribution in [0.2, 0.25) is 0 Å². The minimum Gasteiger partial charge on any atom is -0.461 e. The second-order valence-corrected chi connectivity index (χ2v) is 3.19. The molecule has 2 aromatic heterocycles. The predicted molar refractivity (Wildman–Crippen MR) is 53.6 cm³/mol. The summed E-state index contributed by atoms with van der Waals surface area (Å²) in [6, 6.07) is 3.60. The zero-order chi connectivity index (χ0) is 10.1. The number of aryl methyl sites for hydroxylation is 2. The molecule has 72 valence electrons. The highest BCUT2D eigenvalue weighted by molar-refractivity contribution is 5.54. The van der Waals surface area contributed by atoms with Crippen LogP contribution in [0.5, 0.6) is 0 Å². The van der Waals surface area contributed by atoms with Gasteiger partial charge in [0.2, 0.25) is 0 Å². The van der Waals surface area contributed by atoms with Crippen molar-refractivity contribution in [1.82, 2.24) is 9.97 Å². The summed E-state index contributed by atoms with van der Waals surface area (Å²) in [6.07, 6.45) is 1.62.